The van der Waals surface area contributed by atoms with Gasteiger partial charge < -0.3 is 10.6 Å². The van der Waals surface area contributed by atoms with E-state index < -0.39 is 0 Å². The maximum Gasteiger partial charge on any atom is 0.220 e. The molecule has 1 aliphatic rings. The Balaban J connectivity index is 1.47. The monoisotopic (exact) mass is 308 g/mol. The highest BCUT2D eigenvalue weighted by molar-refractivity contribution is 7.98. The van der Waals surface area contributed by atoms with Gasteiger partial charge in [0.15, 0.2) is 0 Å². The zero-order valence-electron chi connectivity index (χ0n) is 12.4. The van der Waals surface area contributed by atoms with Crippen molar-refractivity contribution in [3.05, 3.63) is 30.1 Å². The number of hydrogen-bond acceptors (Lipinski definition) is 5. The molecule has 116 valence electrons. The van der Waals surface area contributed by atoms with Gasteiger partial charge in [-0.25, -0.2) is 0 Å². The van der Waals surface area contributed by atoms with Gasteiger partial charge in [-0.05, 0) is 12.1 Å². The third-order valence-corrected chi connectivity index (χ3v) is 4.40. The average molecular weight is 308 g/mol. The lowest BCUT2D eigenvalue weighted by molar-refractivity contribution is -0.120. The van der Waals surface area contributed by atoms with Crippen LogP contribution in [-0.2, 0) is 10.5 Å². The van der Waals surface area contributed by atoms with Crippen LogP contribution in [-0.4, -0.2) is 60.8 Å². The van der Waals surface area contributed by atoms with Crippen molar-refractivity contribution in [1.82, 2.24) is 20.5 Å². The number of thioether (sulfide) groups is 1. The Bertz CT molecular complexity index is 409. The minimum atomic E-state index is 0.152. The fourth-order valence-corrected chi connectivity index (χ4v) is 3.06. The highest BCUT2D eigenvalue weighted by Crippen LogP contribution is 2.10. The van der Waals surface area contributed by atoms with Crippen LogP contribution in [0.15, 0.2) is 24.4 Å². The lowest BCUT2D eigenvalue weighted by atomic mass is 10.3. The van der Waals surface area contributed by atoms with Crippen molar-refractivity contribution >= 4 is 17.7 Å². The van der Waals surface area contributed by atoms with Gasteiger partial charge in [0, 0.05) is 63.4 Å². The first kappa shape index (κ1) is 16.3. The smallest absolute Gasteiger partial charge is 0.220 e. The molecule has 1 amide bonds. The second-order valence-corrected chi connectivity index (χ2v) is 6.17. The molecule has 1 saturated heterocycles. The van der Waals surface area contributed by atoms with Crippen molar-refractivity contribution in [3.8, 4) is 0 Å². The Labute approximate surface area is 130 Å². The van der Waals surface area contributed by atoms with E-state index in [0.29, 0.717) is 6.42 Å². The van der Waals surface area contributed by atoms with Gasteiger partial charge in [-0.15, -0.1) is 0 Å². The first-order valence-corrected chi connectivity index (χ1v) is 8.67. The highest BCUT2D eigenvalue weighted by atomic mass is 32.2. The minimum absolute atomic E-state index is 0.152. The first-order chi connectivity index (χ1) is 10.3. The molecule has 2 N–H and O–H groups in total. The molecule has 0 saturated carbocycles. The normalized spacial score (nSPS) is 15.8. The number of carbonyl (C=O) groups excluding carboxylic acids is 1. The first-order valence-electron chi connectivity index (χ1n) is 7.52. The summed E-state index contributed by atoms with van der Waals surface area (Å²) < 4.78 is 0. The molecular weight excluding hydrogens is 284 g/mol. The second-order valence-electron chi connectivity index (χ2n) is 5.07. The topological polar surface area (TPSA) is 57.3 Å². The summed E-state index contributed by atoms with van der Waals surface area (Å²) in [7, 11) is 0. The van der Waals surface area contributed by atoms with E-state index in [2.05, 4.69) is 20.5 Å². The number of rotatable bonds is 8. The Morgan fingerprint density at radius 3 is 3.00 bits per heavy atom. The lowest BCUT2D eigenvalue weighted by Crippen LogP contribution is -2.46. The summed E-state index contributed by atoms with van der Waals surface area (Å²) in [5.74, 6) is 1.86. The van der Waals surface area contributed by atoms with Crippen LogP contribution in [0, 0.1) is 0 Å². The van der Waals surface area contributed by atoms with Gasteiger partial charge in [0.25, 0.3) is 0 Å². The summed E-state index contributed by atoms with van der Waals surface area (Å²) in [4.78, 5) is 18.4. The van der Waals surface area contributed by atoms with Crippen molar-refractivity contribution in [2.24, 2.45) is 0 Å². The molecule has 2 rings (SSSR count). The molecule has 5 nitrogen and oxygen atoms in total. The van der Waals surface area contributed by atoms with Gasteiger partial charge in [-0.3, -0.25) is 14.7 Å². The quantitative estimate of drug-likeness (QED) is 0.693. The van der Waals surface area contributed by atoms with E-state index in [9.17, 15) is 4.79 Å². The minimum Gasteiger partial charge on any atom is -0.355 e. The van der Waals surface area contributed by atoms with Gasteiger partial charge >= 0.3 is 0 Å². The molecule has 6 heteroatoms. The van der Waals surface area contributed by atoms with Gasteiger partial charge in [0.1, 0.15) is 0 Å². The van der Waals surface area contributed by atoms with Crippen LogP contribution in [0.3, 0.4) is 0 Å². The molecule has 0 unspecified atom stereocenters. The molecule has 0 spiro atoms. The zero-order chi connectivity index (χ0) is 14.8. The van der Waals surface area contributed by atoms with Crippen molar-refractivity contribution in [2.75, 3.05) is 45.0 Å². The van der Waals surface area contributed by atoms with Crippen molar-refractivity contribution in [3.63, 3.8) is 0 Å². The van der Waals surface area contributed by atoms with Crippen LogP contribution >= 0.6 is 11.8 Å². The van der Waals surface area contributed by atoms with Crippen molar-refractivity contribution < 1.29 is 4.79 Å². The molecule has 1 aliphatic heterocycles. The molecule has 0 atom stereocenters. The van der Waals surface area contributed by atoms with Crippen molar-refractivity contribution in [2.45, 2.75) is 12.2 Å². The fraction of sp³-hybridized carbons (Fsp3) is 0.600. The Morgan fingerprint density at radius 1 is 1.38 bits per heavy atom. The number of hydrogen-bond donors (Lipinski definition) is 2. The summed E-state index contributed by atoms with van der Waals surface area (Å²) in [5.41, 5.74) is 1.07. The SMILES string of the molecule is O=C(CCSCc1ccccn1)NCCN1CCNCC1. The largest absolute Gasteiger partial charge is 0.355 e. The number of nitrogens with one attached hydrogen (secondary N) is 2. The highest BCUT2D eigenvalue weighted by Gasteiger charge is 2.09. The molecule has 0 bridgehead atoms. The summed E-state index contributed by atoms with van der Waals surface area (Å²) in [5, 5.41) is 6.32. The Morgan fingerprint density at radius 2 is 2.24 bits per heavy atom. The van der Waals surface area contributed by atoms with E-state index in [0.717, 1.165) is 56.5 Å². The predicted octanol–water partition coefficient (Wildman–Crippen LogP) is 0.726. The average Bonchev–Trinajstić information content (AvgIpc) is 2.54. The summed E-state index contributed by atoms with van der Waals surface area (Å²) in [6.07, 6.45) is 2.39. The molecule has 0 radical (unpaired) electrons. The number of carbonyl (C=O) groups is 1. The predicted molar refractivity (Wildman–Crippen MR) is 87.3 cm³/mol. The van der Waals surface area contributed by atoms with E-state index in [1.807, 2.05) is 18.2 Å². The molecule has 0 aliphatic carbocycles. The molecule has 1 aromatic rings. The number of pyridine rings is 1. The van der Waals surface area contributed by atoms with Crippen LogP contribution in [0.4, 0.5) is 0 Å². The second kappa shape index (κ2) is 9.76. The maximum atomic E-state index is 11.7. The van der Waals surface area contributed by atoms with Crippen LogP contribution in [0.5, 0.6) is 0 Å². The van der Waals surface area contributed by atoms with E-state index in [1.165, 1.54) is 0 Å². The van der Waals surface area contributed by atoms with E-state index in [-0.39, 0.29) is 5.91 Å². The standard InChI is InChI=1S/C15H24N4OS/c20-15(18-8-11-19-9-6-16-7-10-19)4-12-21-13-14-3-1-2-5-17-14/h1-3,5,16H,4,6-13H2,(H,18,20). The van der Waals surface area contributed by atoms with Gasteiger partial charge in [0.2, 0.25) is 5.91 Å². The number of amides is 1. The van der Waals surface area contributed by atoms with Gasteiger partial charge in [0.05, 0.1) is 5.69 Å². The van der Waals surface area contributed by atoms with Gasteiger partial charge in [-0.2, -0.15) is 11.8 Å². The van der Waals surface area contributed by atoms with E-state index >= 15 is 0 Å². The molecule has 1 fully saturated rings. The summed E-state index contributed by atoms with van der Waals surface area (Å²) in [6, 6.07) is 5.92. The summed E-state index contributed by atoms with van der Waals surface area (Å²) >= 11 is 1.75. The molecule has 21 heavy (non-hydrogen) atoms. The van der Waals surface area contributed by atoms with Crippen LogP contribution < -0.4 is 10.6 Å². The molecule has 2 heterocycles. The Kier molecular flexibility index (Phi) is 7.56. The van der Waals surface area contributed by atoms with Crippen LogP contribution in [0.1, 0.15) is 12.1 Å². The number of piperazine rings is 1. The zero-order valence-corrected chi connectivity index (χ0v) is 13.2. The fourth-order valence-electron chi connectivity index (χ4n) is 2.20. The number of aromatic nitrogens is 1. The third-order valence-electron chi connectivity index (χ3n) is 3.41. The van der Waals surface area contributed by atoms with E-state index in [1.54, 1.807) is 18.0 Å². The Hall–Kier alpha value is -1.11. The summed E-state index contributed by atoms with van der Waals surface area (Å²) in [6.45, 7) is 5.97. The third kappa shape index (κ3) is 6.93. The molecule has 0 aromatic carbocycles. The van der Waals surface area contributed by atoms with Crippen LogP contribution in [0.2, 0.25) is 0 Å². The van der Waals surface area contributed by atoms with Crippen molar-refractivity contribution in [1.29, 1.82) is 0 Å². The number of nitrogens with zero attached hydrogens (tertiary/aromatic N) is 2. The lowest BCUT2D eigenvalue weighted by Gasteiger charge is -2.27. The maximum absolute atomic E-state index is 11.7. The molecular formula is C15H24N4OS. The van der Waals surface area contributed by atoms with E-state index in [4.69, 9.17) is 0 Å². The van der Waals surface area contributed by atoms with Crippen LogP contribution in [0.25, 0.3) is 0 Å². The molecule has 1 aromatic heterocycles. The van der Waals surface area contributed by atoms with Gasteiger partial charge in [-0.1, -0.05) is 6.07 Å².